The molecule has 2 aliphatic rings. The van der Waals surface area contributed by atoms with Crippen molar-refractivity contribution in [2.45, 2.75) is 50.5 Å². The topological polar surface area (TPSA) is 9.23 Å². The predicted molar refractivity (Wildman–Crippen MR) is 45.3 cm³/mol. The number of hydrogen-bond donors (Lipinski definition) is 0. The quantitative estimate of drug-likeness (QED) is 0.520. The molecule has 0 bridgehead atoms. The van der Waals surface area contributed by atoms with Crippen LogP contribution in [0.1, 0.15) is 44.9 Å². The van der Waals surface area contributed by atoms with E-state index in [2.05, 4.69) is 6.42 Å². The van der Waals surface area contributed by atoms with E-state index in [4.69, 9.17) is 4.74 Å². The highest BCUT2D eigenvalue weighted by Crippen LogP contribution is 2.37. The predicted octanol–water partition coefficient (Wildman–Crippen LogP) is 2.70. The Balaban J connectivity index is 1.94. The molecule has 2 fully saturated rings. The molecule has 1 atom stereocenters. The molecule has 1 saturated heterocycles. The van der Waals surface area contributed by atoms with E-state index in [1.165, 1.54) is 44.9 Å². The number of rotatable bonds is 0. The van der Waals surface area contributed by atoms with Crippen LogP contribution in [0.5, 0.6) is 0 Å². The van der Waals surface area contributed by atoms with Gasteiger partial charge in [0.05, 0.1) is 5.60 Å². The molecule has 0 amide bonds. The molecule has 0 aromatic heterocycles. The Morgan fingerprint density at radius 3 is 2.64 bits per heavy atom. The molecule has 0 aromatic carbocycles. The van der Waals surface area contributed by atoms with Gasteiger partial charge in [0.2, 0.25) is 0 Å². The van der Waals surface area contributed by atoms with Gasteiger partial charge < -0.3 is 4.74 Å². The minimum absolute atomic E-state index is 0.302. The first-order valence-electron chi connectivity index (χ1n) is 4.87. The third kappa shape index (κ3) is 1.58. The Kier molecular flexibility index (Phi) is 2.17. The van der Waals surface area contributed by atoms with Gasteiger partial charge in [0.1, 0.15) is 0 Å². The third-order valence-electron chi connectivity index (χ3n) is 2.99. The van der Waals surface area contributed by atoms with E-state index in [0.717, 1.165) is 6.61 Å². The van der Waals surface area contributed by atoms with Crippen molar-refractivity contribution in [1.82, 2.24) is 0 Å². The monoisotopic (exact) mass is 153 g/mol. The Labute approximate surface area is 69.1 Å². The fourth-order valence-corrected chi connectivity index (χ4v) is 2.30. The fraction of sp³-hybridized carbons (Fsp3) is 0.900. The van der Waals surface area contributed by atoms with Gasteiger partial charge in [-0.1, -0.05) is 6.42 Å². The van der Waals surface area contributed by atoms with Gasteiger partial charge in [0.25, 0.3) is 0 Å². The summed E-state index contributed by atoms with van der Waals surface area (Å²) in [6, 6.07) is 0. The molecule has 1 spiro atoms. The van der Waals surface area contributed by atoms with Crippen LogP contribution in [0.3, 0.4) is 0 Å². The SMILES string of the molecule is [CH]1CCCC2(C1)CCCCO2. The molecule has 1 aliphatic heterocycles. The molecule has 63 valence electrons. The number of hydrogen-bond acceptors (Lipinski definition) is 1. The minimum Gasteiger partial charge on any atom is -0.375 e. The van der Waals surface area contributed by atoms with Gasteiger partial charge in [-0.15, -0.1) is 0 Å². The summed E-state index contributed by atoms with van der Waals surface area (Å²) in [6.07, 6.45) is 11.6. The van der Waals surface area contributed by atoms with Crippen LogP contribution in [0.4, 0.5) is 0 Å². The second kappa shape index (κ2) is 3.14. The molecule has 1 aliphatic carbocycles. The summed E-state index contributed by atoms with van der Waals surface area (Å²) in [5, 5.41) is 0. The highest BCUT2D eigenvalue weighted by molar-refractivity contribution is 4.92. The molecule has 2 rings (SSSR count). The second-order valence-electron chi connectivity index (χ2n) is 3.87. The molecule has 1 heteroatoms. The van der Waals surface area contributed by atoms with Crippen molar-refractivity contribution >= 4 is 0 Å². The summed E-state index contributed by atoms with van der Waals surface area (Å²) >= 11 is 0. The van der Waals surface area contributed by atoms with Crippen molar-refractivity contribution < 1.29 is 4.74 Å². The van der Waals surface area contributed by atoms with E-state index in [1.54, 1.807) is 0 Å². The van der Waals surface area contributed by atoms with E-state index in [1.807, 2.05) is 0 Å². The van der Waals surface area contributed by atoms with Crippen molar-refractivity contribution in [1.29, 1.82) is 0 Å². The summed E-state index contributed by atoms with van der Waals surface area (Å²) in [7, 11) is 0. The Hall–Kier alpha value is -0.0400. The highest BCUT2D eigenvalue weighted by Gasteiger charge is 2.34. The van der Waals surface area contributed by atoms with Crippen LogP contribution in [-0.2, 0) is 4.74 Å². The van der Waals surface area contributed by atoms with Crippen molar-refractivity contribution in [2.24, 2.45) is 0 Å². The van der Waals surface area contributed by atoms with Crippen molar-refractivity contribution in [3.8, 4) is 0 Å². The van der Waals surface area contributed by atoms with E-state index < -0.39 is 0 Å². The first kappa shape index (κ1) is 7.60. The molecule has 1 unspecified atom stereocenters. The summed E-state index contributed by atoms with van der Waals surface area (Å²) in [4.78, 5) is 0. The minimum atomic E-state index is 0.302. The van der Waals surface area contributed by atoms with Crippen LogP contribution in [0.25, 0.3) is 0 Å². The van der Waals surface area contributed by atoms with Gasteiger partial charge in [-0.3, -0.25) is 0 Å². The van der Waals surface area contributed by atoms with Crippen molar-refractivity contribution in [3.05, 3.63) is 6.42 Å². The summed E-state index contributed by atoms with van der Waals surface area (Å²) in [6.45, 7) is 1.01. The molecular weight excluding hydrogens is 136 g/mol. The molecule has 1 nitrogen and oxygen atoms in total. The first-order chi connectivity index (χ1) is 5.41. The fourth-order valence-electron chi connectivity index (χ4n) is 2.30. The van der Waals surface area contributed by atoms with Gasteiger partial charge in [-0.25, -0.2) is 0 Å². The molecule has 1 radical (unpaired) electrons. The van der Waals surface area contributed by atoms with Crippen LogP contribution in [0.2, 0.25) is 0 Å². The normalized spacial score (nSPS) is 30.5. The van der Waals surface area contributed by atoms with Crippen molar-refractivity contribution in [2.75, 3.05) is 6.61 Å². The van der Waals surface area contributed by atoms with Crippen LogP contribution in [0, 0.1) is 6.42 Å². The van der Waals surface area contributed by atoms with E-state index >= 15 is 0 Å². The van der Waals surface area contributed by atoms with E-state index in [0.29, 0.717) is 5.60 Å². The highest BCUT2D eigenvalue weighted by atomic mass is 16.5. The molecule has 11 heavy (non-hydrogen) atoms. The van der Waals surface area contributed by atoms with E-state index in [-0.39, 0.29) is 0 Å². The Morgan fingerprint density at radius 1 is 1.09 bits per heavy atom. The van der Waals surface area contributed by atoms with Gasteiger partial charge in [-0.05, 0) is 44.9 Å². The largest absolute Gasteiger partial charge is 0.375 e. The van der Waals surface area contributed by atoms with Gasteiger partial charge in [0, 0.05) is 6.61 Å². The van der Waals surface area contributed by atoms with Gasteiger partial charge in [0.15, 0.2) is 0 Å². The second-order valence-corrected chi connectivity index (χ2v) is 3.87. The zero-order chi connectivity index (χ0) is 7.57. The van der Waals surface area contributed by atoms with E-state index in [9.17, 15) is 0 Å². The van der Waals surface area contributed by atoms with Crippen molar-refractivity contribution in [3.63, 3.8) is 0 Å². The molecule has 1 saturated carbocycles. The lowest BCUT2D eigenvalue weighted by Crippen LogP contribution is -2.38. The van der Waals surface area contributed by atoms with Crippen LogP contribution >= 0.6 is 0 Å². The Bertz CT molecular complexity index is 99.3. The lowest BCUT2D eigenvalue weighted by atomic mass is 9.80. The molecular formula is C10H17O. The smallest absolute Gasteiger partial charge is 0.0685 e. The lowest BCUT2D eigenvalue weighted by Gasteiger charge is -2.40. The maximum atomic E-state index is 5.88. The summed E-state index contributed by atoms with van der Waals surface area (Å²) in [5.41, 5.74) is 0.302. The van der Waals surface area contributed by atoms with Crippen LogP contribution in [-0.4, -0.2) is 12.2 Å². The Morgan fingerprint density at radius 2 is 2.00 bits per heavy atom. The average molecular weight is 153 g/mol. The number of ether oxygens (including phenoxy) is 1. The standard InChI is InChI=1S/C10H17O/c1-2-6-10(7-3-1)8-4-5-9-11-10/h2H,1,3-9H2. The summed E-state index contributed by atoms with van der Waals surface area (Å²) < 4.78 is 5.88. The molecule has 1 heterocycles. The maximum absolute atomic E-state index is 5.88. The first-order valence-corrected chi connectivity index (χ1v) is 4.87. The molecule has 0 N–H and O–H groups in total. The van der Waals surface area contributed by atoms with Crippen LogP contribution < -0.4 is 0 Å². The van der Waals surface area contributed by atoms with Crippen LogP contribution in [0.15, 0.2) is 0 Å². The maximum Gasteiger partial charge on any atom is 0.0685 e. The van der Waals surface area contributed by atoms with Gasteiger partial charge in [-0.2, -0.15) is 0 Å². The zero-order valence-electron chi connectivity index (χ0n) is 7.14. The third-order valence-corrected chi connectivity index (χ3v) is 2.99. The summed E-state index contributed by atoms with van der Waals surface area (Å²) in [5.74, 6) is 0. The lowest BCUT2D eigenvalue weighted by molar-refractivity contribution is -0.0908. The molecule has 0 aromatic rings. The zero-order valence-corrected chi connectivity index (χ0v) is 7.14. The van der Waals surface area contributed by atoms with Gasteiger partial charge >= 0.3 is 0 Å². The average Bonchev–Trinajstić information content (AvgIpc) is 2.07.